The molecule has 0 saturated heterocycles. The topological polar surface area (TPSA) is 26.3 Å². The van der Waals surface area contributed by atoms with E-state index in [0.717, 1.165) is 25.3 Å². The number of carbonyl (C=O) groups excluding carboxylic acids is 1. The lowest BCUT2D eigenvalue weighted by Crippen LogP contribution is -2.07. The molecule has 0 amide bonds. The number of alkyl halides is 3. The van der Waals surface area contributed by atoms with Crippen molar-refractivity contribution in [3.05, 3.63) is 40.4 Å². The molecule has 0 aliphatic heterocycles. The molecule has 0 spiro atoms. The Morgan fingerprint density at radius 3 is 2.59 bits per heavy atom. The SMILES string of the molecule is COC(=O)C=Cc1ccc(Cl)cc1C(F)(F)F. The van der Waals surface area contributed by atoms with Crippen molar-refractivity contribution in [1.82, 2.24) is 0 Å². The molecule has 0 saturated carbocycles. The molecule has 1 rings (SSSR count). The minimum atomic E-state index is -4.53. The summed E-state index contributed by atoms with van der Waals surface area (Å²) in [6, 6.07) is 3.30. The van der Waals surface area contributed by atoms with Crippen molar-refractivity contribution >= 4 is 23.6 Å². The van der Waals surface area contributed by atoms with E-state index >= 15 is 0 Å². The number of methoxy groups -OCH3 is 1. The van der Waals surface area contributed by atoms with E-state index in [1.807, 2.05) is 0 Å². The van der Waals surface area contributed by atoms with E-state index in [9.17, 15) is 18.0 Å². The van der Waals surface area contributed by atoms with Crippen LogP contribution in [-0.2, 0) is 15.7 Å². The van der Waals surface area contributed by atoms with Crippen LogP contribution in [0.15, 0.2) is 24.3 Å². The van der Waals surface area contributed by atoms with Gasteiger partial charge in [-0.1, -0.05) is 17.7 Å². The summed E-state index contributed by atoms with van der Waals surface area (Å²) in [5, 5.41) is -0.0208. The van der Waals surface area contributed by atoms with Crippen LogP contribution in [-0.4, -0.2) is 13.1 Å². The summed E-state index contributed by atoms with van der Waals surface area (Å²) in [4.78, 5) is 10.8. The van der Waals surface area contributed by atoms with Crippen LogP contribution in [0, 0.1) is 0 Å². The van der Waals surface area contributed by atoms with Crippen molar-refractivity contribution in [1.29, 1.82) is 0 Å². The summed E-state index contributed by atoms with van der Waals surface area (Å²) in [5.41, 5.74) is -1.04. The second-order valence-corrected chi connectivity index (χ2v) is 3.52. The van der Waals surface area contributed by atoms with Crippen LogP contribution in [0.5, 0.6) is 0 Å². The minimum absolute atomic E-state index is 0.0208. The highest BCUT2D eigenvalue weighted by molar-refractivity contribution is 6.30. The molecule has 0 aliphatic carbocycles. The summed E-state index contributed by atoms with van der Waals surface area (Å²) in [6.07, 6.45) is -2.58. The van der Waals surface area contributed by atoms with E-state index < -0.39 is 17.7 Å². The van der Waals surface area contributed by atoms with Gasteiger partial charge < -0.3 is 4.74 Å². The van der Waals surface area contributed by atoms with E-state index in [1.165, 1.54) is 12.1 Å². The lowest BCUT2D eigenvalue weighted by Gasteiger charge is -2.10. The molecule has 1 aromatic rings. The van der Waals surface area contributed by atoms with Crippen LogP contribution in [0.2, 0.25) is 5.02 Å². The van der Waals surface area contributed by atoms with Crippen LogP contribution < -0.4 is 0 Å². The van der Waals surface area contributed by atoms with Gasteiger partial charge in [0.2, 0.25) is 0 Å². The number of ether oxygens (including phenoxy) is 1. The average molecular weight is 265 g/mol. The summed E-state index contributed by atoms with van der Waals surface area (Å²) in [5.74, 6) is -0.729. The molecule has 17 heavy (non-hydrogen) atoms. The predicted octanol–water partition coefficient (Wildman–Crippen LogP) is 3.55. The molecule has 0 bridgehead atoms. The van der Waals surface area contributed by atoms with Gasteiger partial charge in [0.15, 0.2) is 0 Å². The summed E-state index contributed by atoms with van der Waals surface area (Å²) in [7, 11) is 1.14. The first kappa shape index (κ1) is 13.6. The van der Waals surface area contributed by atoms with Crippen molar-refractivity contribution < 1.29 is 22.7 Å². The van der Waals surface area contributed by atoms with Gasteiger partial charge in [-0.2, -0.15) is 13.2 Å². The summed E-state index contributed by atoms with van der Waals surface area (Å²) < 4.78 is 42.2. The van der Waals surface area contributed by atoms with Gasteiger partial charge >= 0.3 is 12.1 Å². The largest absolute Gasteiger partial charge is 0.466 e. The van der Waals surface area contributed by atoms with Crippen LogP contribution in [0.3, 0.4) is 0 Å². The quantitative estimate of drug-likeness (QED) is 0.603. The number of esters is 1. The first-order valence-corrected chi connectivity index (χ1v) is 4.85. The van der Waals surface area contributed by atoms with Gasteiger partial charge in [0.25, 0.3) is 0 Å². The molecule has 6 heteroatoms. The Labute approximate surface area is 101 Å². The van der Waals surface area contributed by atoms with E-state index in [1.54, 1.807) is 0 Å². The Hall–Kier alpha value is -1.49. The zero-order valence-corrected chi connectivity index (χ0v) is 9.47. The van der Waals surface area contributed by atoms with E-state index in [0.29, 0.717) is 0 Å². The maximum absolute atomic E-state index is 12.6. The van der Waals surface area contributed by atoms with Crippen LogP contribution >= 0.6 is 11.6 Å². The molecule has 0 radical (unpaired) electrons. The number of benzene rings is 1. The van der Waals surface area contributed by atoms with Crippen molar-refractivity contribution in [3.8, 4) is 0 Å². The van der Waals surface area contributed by atoms with E-state index in [4.69, 9.17) is 11.6 Å². The van der Waals surface area contributed by atoms with Gasteiger partial charge in [-0.15, -0.1) is 0 Å². The first-order chi connectivity index (χ1) is 7.84. The highest BCUT2D eigenvalue weighted by atomic mass is 35.5. The highest BCUT2D eigenvalue weighted by Gasteiger charge is 2.32. The van der Waals surface area contributed by atoms with Crippen molar-refractivity contribution in [3.63, 3.8) is 0 Å². The third-order valence-corrected chi connectivity index (χ3v) is 2.16. The number of hydrogen-bond acceptors (Lipinski definition) is 2. The number of halogens is 4. The fourth-order valence-corrected chi connectivity index (χ4v) is 1.32. The monoisotopic (exact) mass is 264 g/mol. The van der Waals surface area contributed by atoms with Crippen LogP contribution in [0.1, 0.15) is 11.1 Å². The number of rotatable bonds is 2. The van der Waals surface area contributed by atoms with E-state index in [2.05, 4.69) is 4.74 Å². The predicted molar refractivity (Wildman–Crippen MR) is 57.5 cm³/mol. The average Bonchev–Trinajstić information content (AvgIpc) is 2.25. The number of carbonyl (C=O) groups is 1. The fourth-order valence-electron chi connectivity index (χ4n) is 1.15. The van der Waals surface area contributed by atoms with Gasteiger partial charge in [0.1, 0.15) is 0 Å². The third kappa shape index (κ3) is 3.78. The molecular formula is C11H8ClF3O2. The van der Waals surface area contributed by atoms with Gasteiger partial charge in [-0.25, -0.2) is 4.79 Å². The second-order valence-electron chi connectivity index (χ2n) is 3.09. The van der Waals surface area contributed by atoms with Crippen molar-refractivity contribution in [2.45, 2.75) is 6.18 Å². The summed E-state index contributed by atoms with van der Waals surface area (Å²) in [6.45, 7) is 0. The third-order valence-electron chi connectivity index (χ3n) is 1.92. The van der Waals surface area contributed by atoms with Gasteiger partial charge in [-0.05, 0) is 23.8 Å². The van der Waals surface area contributed by atoms with Crippen molar-refractivity contribution in [2.75, 3.05) is 7.11 Å². The Morgan fingerprint density at radius 2 is 2.06 bits per heavy atom. The second kappa shape index (κ2) is 5.23. The molecule has 0 fully saturated rings. The molecule has 2 nitrogen and oxygen atoms in total. The molecule has 0 heterocycles. The molecule has 0 aromatic heterocycles. The standard InChI is InChI=1S/C11H8ClF3O2/c1-17-10(16)5-3-7-2-4-8(12)6-9(7)11(13,14)15/h2-6H,1H3. The maximum Gasteiger partial charge on any atom is 0.417 e. The number of hydrogen-bond donors (Lipinski definition) is 0. The van der Waals surface area contributed by atoms with Crippen molar-refractivity contribution in [2.24, 2.45) is 0 Å². The Morgan fingerprint density at radius 1 is 1.41 bits per heavy atom. The molecule has 92 valence electrons. The minimum Gasteiger partial charge on any atom is -0.466 e. The van der Waals surface area contributed by atoms with Crippen LogP contribution in [0.25, 0.3) is 6.08 Å². The van der Waals surface area contributed by atoms with Gasteiger partial charge in [0, 0.05) is 11.1 Å². The molecule has 1 aromatic carbocycles. The Balaban J connectivity index is 3.16. The van der Waals surface area contributed by atoms with E-state index in [-0.39, 0.29) is 10.6 Å². The zero-order valence-electron chi connectivity index (χ0n) is 8.72. The molecular weight excluding hydrogens is 257 g/mol. The highest BCUT2D eigenvalue weighted by Crippen LogP contribution is 2.34. The van der Waals surface area contributed by atoms with Gasteiger partial charge in [0.05, 0.1) is 12.7 Å². The lowest BCUT2D eigenvalue weighted by molar-refractivity contribution is -0.138. The Kier molecular flexibility index (Phi) is 4.17. The zero-order chi connectivity index (χ0) is 13.1. The molecule has 0 unspecified atom stereocenters. The normalized spacial score (nSPS) is 11.8. The van der Waals surface area contributed by atoms with Crippen LogP contribution in [0.4, 0.5) is 13.2 Å². The summed E-state index contributed by atoms with van der Waals surface area (Å²) >= 11 is 5.50. The van der Waals surface area contributed by atoms with Gasteiger partial charge in [-0.3, -0.25) is 0 Å². The Bertz CT molecular complexity index is 453. The molecule has 0 atom stereocenters. The molecule has 0 N–H and O–H groups in total. The smallest absolute Gasteiger partial charge is 0.417 e. The molecule has 0 aliphatic rings. The first-order valence-electron chi connectivity index (χ1n) is 4.47. The lowest BCUT2D eigenvalue weighted by atomic mass is 10.1. The maximum atomic E-state index is 12.6. The fraction of sp³-hybridized carbons (Fsp3) is 0.182.